The third kappa shape index (κ3) is 1.78. The lowest BCUT2D eigenvalue weighted by molar-refractivity contribution is 0.798. The van der Waals surface area contributed by atoms with Crippen LogP contribution in [0.25, 0.3) is 5.69 Å². The molecule has 0 aliphatic rings. The van der Waals surface area contributed by atoms with E-state index in [0.29, 0.717) is 6.54 Å². The maximum atomic E-state index is 5.65. The average Bonchev–Trinajstić information content (AvgIpc) is 2.65. The molecule has 3 heteroatoms. The predicted molar refractivity (Wildman–Crippen MR) is 60.9 cm³/mol. The summed E-state index contributed by atoms with van der Waals surface area (Å²) in [7, 11) is 0. The Morgan fingerprint density at radius 3 is 2.73 bits per heavy atom. The maximum absolute atomic E-state index is 5.65. The van der Waals surface area contributed by atoms with Crippen LogP contribution in [-0.4, -0.2) is 9.78 Å². The fourth-order valence-corrected chi connectivity index (χ4v) is 1.75. The van der Waals surface area contributed by atoms with Crippen LogP contribution in [0.1, 0.15) is 16.8 Å². The molecule has 0 amide bonds. The van der Waals surface area contributed by atoms with Gasteiger partial charge in [-0.05, 0) is 31.5 Å². The van der Waals surface area contributed by atoms with Crippen LogP contribution in [0.15, 0.2) is 30.5 Å². The van der Waals surface area contributed by atoms with Crippen LogP contribution in [-0.2, 0) is 6.54 Å². The predicted octanol–water partition coefficient (Wildman–Crippen LogP) is 1.95. The van der Waals surface area contributed by atoms with Gasteiger partial charge in [0, 0.05) is 12.7 Å². The standard InChI is InChI=1S/C12H15N3/c1-9-3-4-12(10(2)7-9)15-11(8-13)5-6-14-15/h3-7H,8,13H2,1-2H3. The van der Waals surface area contributed by atoms with Crippen molar-refractivity contribution in [3.05, 3.63) is 47.3 Å². The van der Waals surface area contributed by atoms with Crippen molar-refractivity contribution in [2.45, 2.75) is 20.4 Å². The largest absolute Gasteiger partial charge is 0.325 e. The van der Waals surface area contributed by atoms with Gasteiger partial charge in [0.05, 0.1) is 11.4 Å². The van der Waals surface area contributed by atoms with Crippen molar-refractivity contribution in [2.24, 2.45) is 5.73 Å². The molecule has 0 unspecified atom stereocenters. The number of nitrogens with zero attached hydrogens (tertiary/aromatic N) is 2. The normalized spacial score (nSPS) is 10.6. The fraction of sp³-hybridized carbons (Fsp3) is 0.250. The third-order valence-electron chi connectivity index (χ3n) is 2.51. The minimum Gasteiger partial charge on any atom is -0.325 e. The van der Waals surface area contributed by atoms with Crippen LogP contribution >= 0.6 is 0 Å². The van der Waals surface area contributed by atoms with E-state index in [9.17, 15) is 0 Å². The van der Waals surface area contributed by atoms with E-state index in [1.54, 1.807) is 6.20 Å². The minimum absolute atomic E-state index is 0.507. The molecule has 0 saturated carbocycles. The molecular weight excluding hydrogens is 186 g/mol. The van der Waals surface area contributed by atoms with Gasteiger partial charge in [0.15, 0.2) is 0 Å². The van der Waals surface area contributed by atoms with Crippen molar-refractivity contribution in [3.8, 4) is 5.69 Å². The zero-order valence-corrected chi connectivity index (χ0v) is 9.07. The lowest BCUT2D eigenvalue weighted by Crippen LogP contribution is -2.08. The Bertz CT molecular complexity index is 471. The first-order chi connectivity index (χ1) is 7.22. The Morgan fingerprint density at radius 1 is 1.27 bits per heavy atom. The van der Waals surface area contributed by atoms with Gasteiger partial charge in [0.2, 0.25) is 0 Å². The van der Waals surface area contributed by atoms with Gasteiger partial charge in [-0.3, -0.25) is 0 Å². The molecule has 3 nitrogen and oxygen atoms in total. The summed E-state index contributed by atoms with van der Waals surface area (Å²) in [5.74, 6) is 0. The topological polar surface area (TPSA) is 43.8 Å². The minimum atomic E-state index is 0.507. The molecule has 1 aromatic heterocycles. The average molecular weight is 201 g/mol. The highest BCUT2D eigenvalue weighted by Crippen LogP contribution is 2.16. The molecule has 2 N–H and O–H groups in total. The molecule has 78 valence electrons. The molecule has 1 heterocycles. The lowest BCUT2D eigenvalue weighted by atomic mass is 10.1. The molecule has 0 radical (unpaired) electrons. The van der Waals surface area contributed by atoms with E-state index in [1.165, 1.54) is 11.1 Å². The number of hydrogen-bond donors (Lipinski definition) is 1. The molecule has 0 bridgehead atoms. The van der Waals surface area contributed by atoms with E-state index in [0.717, 1.165) is 11.4 Å². The molecule has 0 atom stereocenters. The summed E-state index contributed by atoms with van der Waals surface area (Å²) < 4.78 is 1.90. The molecular formula is C12H15N3. The van der Waals surface area contributed by atoms with Gasteiger partial charge in [0.25, 0.3) is 0 Å². The van der Waals surface area contributed by atoms with Crippen LogP contribution in [0.2, 0.25) is 0 Å². The van der Waals surface area contributed by atoms with E-state index in [2.05, 4.69) is 37.1 Å². The Morgan fingerprint density at radius 2 is 2.07 bits per heavy atom. The first-order valence-corrected chi connectivity index (χ1v) is 5.03. The molecule has 2 rings (SSSR count). The number of rotatable bonds is 2. The van der Waals surface area contributed by atoms with Gasteiger partial charge in [-0.15, -0.1) is 0 Å². The molecule has 0 spiro atoms. The summed E-state index contributed by atoms with van der Waals surface area (Å²) in [5, 5.41) is 4.28. The highest BCUT2D eigenvalue weighted by Gasteiger charge is 2.05. The van der Waals surface area contributed by atoms with E-state index in [4.69, 9.17) is 5.73 Å². The number of aryl methyl sites for hydroxylation is 2. The van der Waals surface area contributed by atoms with Crippen molar-refractivity contribution in [3.63, 3.8) is 0 Å². The highest BCUT2D eigenvalue weighted by molar-refractivity contribution is 5.42. The molecule has 15 heavy (non-hydrogen) atoms. The first-order valence-electron chi connectivity index (χ1n) is 5.03. The quantitative estimate of drug-likeness (QED) is 0.807. The summed E-state index contributed by atoms with van der Waals surface area (Å²) in [5.41, 5.74) is 10.3. The van der Waals surface area contributed by atoms with Gasteiger partial charge in [-0.2, -0.15) is 5.10 Å². The van der Waals surface area contributed by atoms with E-state index in [-0.39, 0.29) is 0 Å². The van der Waals surface area contributed by atoms with Gasteiger partial charge in [-0.1, -0.05) is 17.7 Å². The van der Waals surface area contributed by atoms with Gasteiger partial charge in [-0.25, -0.2) is 4.68 Å². The second-order valence-electron chi connectivity index (χ2n) is 3.73. The molecule has 2 aromatic rings. The van der Waals surface area contributed by atoms with E-state index in [1.807, 2.05) is 10.7 Å². The lowest BCUT2D eigenvalue weighted by Gasteiger charge is -2.09. The van der Waals surface area contributed by atoms with Gasteiger partial charge < -0.3 is 5.73 Å². The number of aromatic nitrogens is 2. The van der Waals surface area contributed by atoms with Crippen LogP contribution in [0.3, 0.4) is 0 Å². The second kappa shape index (κ2) is 3.87. The van der Waals surface area contributed by atoms with E-state index >= 15 is 0 Å². The first kappa shape index (κ1) is 9.93. The molecule has 0 fully saturated rings. The summed E-state index contributed by atoms with van der Waals surface area (Å²) >= 11 is 0. The van der Waals surface area contributed by atoms with Gasteiger partial charge >= 0.3 is 0 Å². The fourth-order valence-electron chi connectivity index (χ4n) is 1.75. The Labute approximate surface area is 89.5 Å². The molecule has 0 aliphatic carbocycles. The van der Waals surface area contributed by atoms with Crippen LogP contribution in [0.5, 0.6) is 0 Å². The SMILES string of the molecule is Cc1ccc(-n2nccc2CN)c(C)c1. The van der Waals surface area contributed by atoms with Crippen molar-refractivity contribution >= 4 is 0 Å². The summed E-state index contributed by atoms with van der Waals surface area (Å²) in [6, 6.07) is 8.26. The molecule has 0 saturated heterocycles. The van der Waals surface area contributed by atoms with Crippen LogP contribution in [0.4, 0.5) is 0 Å². The number of benzene rings is 1. The van der Waals surface area contributed by atoms with Crippen LogP contribution in [0, 0.1) is 13.8 Å². The Kier molecular flexibility index (Phi) is 2.56. The number of hydrogen-bond acceptors (Lipinski definition) is 2. The molecule has 0 aliphatic heterocycles. The number of nitrogens with two attached hydrogens (primary N) is 1. The van der Waals surface area contributed by atoms with Crippen molar-refractivity contribution in [2.75, 3.05) is 0 Å². The zero-order chi connectivity index (χ0) is 10.8. The maximum Gasteiger partial charge on any atom is 0.0678 e. The van der Waals surface area contributed by atoms with Crippen molar-refractivity contribution in [1.29, 1.82) is 0 Å². The summed E-state index contributed by atoms with van der Waals surface area (Å²) in [6.45, 7) is 4.68. The second-order valence-corrected chi connectivity index (χ2v) is 3.73. The van der Waals surface area contributed by atoms with Crippen LogP contribution < -0.4 is 5.73 Å². The van der Waals surface area contributed by atoms with Crippen molar-refractivity contribution in [1.82, 2.24) is 9.78 Å². The smallest absolute Gasteiger partial charge is 0.0678 e. The zero-order valence-electron chi connectivity index (χ0n) is 9.07. The molecule has 1 aromatic carbocycles. The summed E-state index contributed by atoms with van der Waals surface area (Å²) in [6.07, 6.45) is 1.78. The third-order valence-corrected chi connectivity index (χ3v) is 2.51. The highest BCUT2D eigenvalue weighted by atomic mass is 15.3. The van der Waals surface area contributed by atoms with E-state index < -0.39 is 0 Å². The van der Waals surface area contributed by atoms with Gasteiger partial charge in [0.1, 0.15) is 0 Å². The summed E-state index contributed by atoms with van der Waals surface area (Å²) in [4.78, 5) is 0. The Balaban J connectivity index is 2.54. The Hall–Kier alpha value is -1.61. The monoisotopic (exact) mass is 201 g/mol. The van der Waals surface area contributed by atoms with Crippen molar-refractivity contribution < 1.29 is 0 Å².